The fourth-order valence-electron chi connectivity index (χ4n) is 4.38. The Labute approximate surface area is 181 Å². The van der Waals surface area contributed by atoms with E-state index in [1.54, 1.807) is 24.2 Å². The van der Waals surface area contributed by atoms with Crippen LogP contribution in [0.4, 0.5) is 0 Å². The van der Waals surface area contributed by atoms with Crippen LogP contribution in [0.1, 0.15) is 40.6 Å². The van der Waals surface area contributed by atoms with Crippen molar-refractivity contribution in [2.45, 2.75) is 38.0 Å². The van der Waals surface area contributed by atoms with Crippen LogP contribution in [0.25, 0.3) is 0 Å². The Balaban J connectivity index is 1.42. The van der Waals surface area contributed by atoms with Crippen LogP contribution < -0.4 is 0 Å². The maximum atomic E-state index is 13.0. The number of piperidine rings is 1. The van der Waals surface area contributed by atoms with E-state index in [4.69, 9.17) is 9.47 Å². The molecule has 2 unspecified atom stereocenters. The summed E-state index contributed by atoms with van der Waals surface area (Å²) in [5.74, 6) is -0.0495. The zero-order valence-electron chi connectivity index (χ0n) is 18.2. The predicted molar refractivity (Wildman–Crippen MR) is 112 cm³/mol. The molecule has 2 amide bonds. The first kappa shape index (κ1) is 21.5. The van der Waals surface area contributed by atoms with Crippen molar-refractivity contribution < 1.29 is 19.1 Å². The summed E-state index contributed by atoms with van der Waals surface area (Å²) in [7, 11) is 3.44. The van der Waals surface area contributed by atoms with E-state index in [9.17, 15) is 9.59 Å². The minimum Gasteiger partial charge on any atom is -0.382 e. The number of aryl methyl sites for hydroxylation is 2. The van der Waals surface area contributed by atoms with Gasteiger partial charge in [0.05, 0.1) is 19.3 Å². The van der Waals surface area contributed by atoms with Gasteiger partial charge in [-0.25, -0.2) is 0 Å². The molecule has 9 heteroatoms. The van der Waals surface area contributed by atoms with Gasteiger partial charge in [0.15, 0.2) is 11.8 Å². The number of likely N-dealkylation sites (tertiary alicyclic amines) is 2. The number of pyridine rings is 1. The molecule has 9 nitrogen and oxygen atoms in total. The molecule has 0 spiro atoms. The van der Waals surface area contributed by atoms with Crippen molar-refractivity contribution in [1.82, 2.24) is 24.6 Å². The Morgan fingerprint density at radius 3 is 2.52 bits per heavy atom. The van der Waals surface area contributed by atoms with Crippen molar-refractivity contribution in [2.75, 3.05) is 33.4 Å². The lowest BCUT2D eigenvalue weighted by Crippen LogP contribution is -2.65. The number of hydrogen-bond donors (Lipinski definition) is 0. The normalized spacial score (nSPS) is 22.0. The Hall–Kier alpha value is -2.78. The van der Waals surface area contributed by atoms with Crippen LogP contribution in [0, 0.1) is 6.92 Å². The summed E-state index contributed by atoms with van der Waals surface area (Å²) in [5.41, 5.74) is 2.43. The summed E-state index contributed by atoms with van der Waals surface area (Å²) in [4.78, 5) is 33.6. The number of amides is 2. The van der Waals surface area contributed by atoms with Crippen molar-refractivity contribution in [1.29, 1.82) is 0 Å². The van der Waals surface area contributed by atoms with Gasteiger partial charge in [-0.15, -0.1) is 0 Å². The first-order valence-electron chi connectivity index (χ1n) is 10.6. The average Bonchev–Trinajstić information content (AvgIpc) is 3.13. The largest absolute Gasteiger partial charge is 0.382 e. The number of nitrogens with zero attached hydrogens (tertiary/aromatic N) is 5. The first-order chi connectivity index (χ1) is 15.0. The summed E-state index contributed by atoms with van der Waals surface area (Å²) in [5, 5.41) is 4.30. The maximum Gasteiger partial charge on any atom is 0.274 e. The summed E-state index contributed by atoms with van der Waals surface area (Å²) in [6.07, 6.45) is 4.43. The number of rotatable bonds is 7. The molecule has 0 aliphatic carbocycles. The molecule has 2 saturated heterocycles. The highest BCUT2D eigenvalue weighted by molar-refractivity contribution is 5.92. The van der Waals surface area contributed by atoms with E-state index in [0.29, 0.717) is 32.0 Å². The van der Waals surface area contributed by atoms with E-state index in [1.165, 1.54) is 0 Å². The van der Waals surface area contributed by atoms with Crippen LogP contribution in [-0.4, -0.2) is 81.9 Å². The van der Waals surface area contributed by atoms with E-state index in [1.807, 2.05) is 42.0 Å². The Morgan fingerprint density at radius 1 is 1.19 bits per heavy atom. The third kappa shape index (κ3) is 4.20. The molecule has 2 aromatic heterocycles. The predicted octanol–water partition coefficient (Wildman–Crippen LogP) is 1.34. The van der Waals surface area contributed by atoms with E-state index in [2.05, 4.69) is 10.1 Å². The summed E-state index contributed by atoms with van der Waals surface area (Å²) < 4.78 is 12.6. The average molecular weight is 428 g/mol. The minimum atomic E-state index is -0.506. The highest BCUT2D eigenvalue weighted by atomic mass is 16.5. The molecule has 2 fully saturated rings. The topological polar surface area (TPSA) is 89.8 Å². The molecule has 2 aliphatic heterocycles. The van der Waals surface area contributed by atoms with Crippen LogP contribution in [0.3, 0.4) is 0 Å². The Morgan fingerprint density at radius 2 is 1.90 bits per heavy atom. The summed E-state index contributed by atoms with van der Waals surface area (Å²) in [6.45, 7) is 3.94. The highest BCUT2D eigenvalue weighted by Gasteiger charge is 2.52. The van der Waals surface area contributed by atoms with Gasteiger partial charge in [0.2, 0.25) is 0 Å². The van der Waals surface area contributed by atoms with Gasteiger partial charge < -0.3 is 19.3 Å². The molecule has 0 radical (unpaired) electrons. The van der Waals surface area contributed by atoms with Crippen molar-refractivity contribution in [2.24, 2.45) is 7.05 Å². The molecule has 0 saturated carbocycles. The SMILES string of the molecule is COCCOC1C(=O)N(C2CCN(C(=O)c3cc(C)n(C)n3)CC2)C1c1ccncc1. The van der Waals surface area contributed by atoms with Crippen LogP contribution in [0.15, 0.2) is 30.6 Å². The van der Waals surface area contributed by atoms with Crippen LogP contribution in [0.2, 0.25) is 0 Å². The number of ether oxygens (including phenoxy) is 2. The number of β-lactam (4-membered cyclic amide) rings is 1. The van der Waals surface area contributed by atoms with Crippen molar-refractivity contribution in [3.05, 3.63) is 47.5 Å². The number of hydrogen-bond acceptors (Lipinski definition) is 6. The zero-order chi connectivity index (χ0) is 22.0. The lowest BCUT2D eigenvalue weighted by atomic mass is 9.86. The second kappa shape index (κ2) is 9.15. The summed E-state index contributed by atoms with van der Waals surface area (Å²) >= 11 is 0. The van der Waals surface area contributed by atoms with Gasteiger partial charge in [0.1, 0.15) is 0 Å². The lowest BCUT2D eigenvalue weighted by Gasteiger charge is -2.52. The molecule has 4 rings (SSSR count). The zero-order valence-corrected chi connectivity index (χ0v) is 18.2. The van der Waals surface area contributed by atoms with Crippen molar-refractivity contribution in [3.63, 3.8) is 0 Å². The van der Waals surface area contributed by atoms with E-state index < -0.39 is 6.10 Å². The highest BCUT2D eigenvalue weighted by Crippen LogP contribution is 2.40. The van der Waals surface area contributed by atoms with Gasteiger partial charge in [0, 0.05) is 51.4 Å². The van der Waals surface area contributed by atoms with Crippen molar-refractivity contribution in [3.8, 4) is 0 Å². The van der Waals surface area contributed by atoms with E-state index in [0.717, 1.165) is 24.1 Å². The van der Waals surface area contributed by atoms with Gasteiger partial charge in [0.25, 0.3) is 11.8 Å². The third-order valence-electron chi connectivity index (χ3n) is 6.19. The molecule has 0 bridgehead atoms. The number of methoxy groups -OCH3 is 1. The number of aromatic nitrogens is 3. The molecule has 166 valence electrons. The molecule has 2 atom stereocenters. The molecule has 0 N–H and O–H groups in total. The fraction of sp³-hybridized carbons (Fsp3) is 0.545. The van der Waals surface area contributed by atoms with E-state index in [-0.39, 0.29) is 23.9 Å². The second-order valence-corrected chi connectivity index (χ2v) is 8.07. The van der Waals surface area contributed by atoms with Gasteiger partial charge in [-0.3, -0.25) is 19.3 Å². The molecule has 2 aromatic rings. The third-order valence-corrected chi connectivity index (χ3v) is 6.19. The standard InChI is InChI=1S/C22H29N5O4/c1-15-14-18(24-25(15)2)21(28)26-10-6-17(7-11-26)27-19(16-4-8-23-9-5-16)20(22(27)29)31-13-12-30-3/h4-5,8-9,14,17,19-20H,6-7,10-13H2,1-3H3. The van der Waals surface area contributed by atoms with Gasteiger partial charge >= 0.3 is 0 Å². The molecule has 31 heavy (non-hydrogen) atoms. The number of carbonyl (C=O) groups excluding carboxylic acids is 2. The molecular formula is C22H29N5O4. The molecule has 4 heterocycles. The van der Waals surface area contributed by atoms with Gasteiger partial charge in [-0.05, 0) is 43.5 Å². The van der Waals surface area contributed by atoms with Crippen LogP contribution >= 0.6 is 0 Å². The summed E-state index contributed by atoms with van der Waals surface area (Å²) in [6, 6.07) is 5.60. The van der Waals surface area contributed by atoms with Gasteiger partial charge in [-0.1, -0.05) is 0 Å². The van der Waals surface area contributed by atoms with Crippen molar-refractivity contribution >= 4 is 11.8 Å². The quantitative estimate of drug-likeness (QED) is 0.489. The smallest absolute Gasteiger partial charge is 0.274 e. The molecular weight excluding hydrogens is 398 g/mol. The molecule has 0 aromatic carbocycles. The number of carbonyl (C=O) groups is 2. The van der Waals surface area contributed by atoms with E-state index >= 15 is 0 Å². The fourth-order valence-corrected chi connectivity index (χ4v) is 4.38. The monoisotopic (exact) mass is 427 g/mol. The second-order valence-electron chi connectivity index (χ2n) is 8.07. The Bertz CT molecular complexity index is 904. The lowest BCUT2D eigenvalue weighted by molar-refractivity contribution is -0.183. The molecule has 2 aliphatic rings. The first-order valence-corrected chi connectivity index (χ1v) is 10.6. The minimum absolute atomic E-state index is 0.00282. The van der Waals surface area contributed by atoms with Crippen LogP contribution in [-0.2, 0) is 21.3 Å². The Kier molecular flexibility index (Phi) is 6.33. The maximum absolute atomic E-state index is 13.0. The van der Waals surface area contributed by atoms with Gasteiger partial charge in [-0.2, -0.15) is 5.10 Å². The van der Waals surface area contributed by atoms with Crippen LogP contribution in [0.5, 0.6) is 0 Å².